The van der Waals surface area contributed by atoms with Gasteiger partial charge in [0.15, 0.2) is 0 Å². The Labute approximate surface area is 110 Å². The molecule has 0 fully saturated rings. The molecule has 1 amide bonds. The molecule has 0 saturated carbocycles. The molecule has 1 rings (SSSR count). The lowest BCUT2D eigenvalue weighted by molar-refractivity contribution is 0.0743. The molecule has 0 aliphatic rings. The van der Waals surface area contributed by atoms with Gasteiger partial charge in [-0.2, -0.15) is 0 Å². The lowest BCUT2D eigenvalue weighted by Crippen LogP contribution is -2.33. The molecule has 0 aliphatic heterocycles. The van der Waals surface area contributed by atoms with E-state index in [-0.39, 0.29) is 24.1 Å². The van der Waals surface area contributed by atoms with Crippen molar-refractivity contribution in [2.45, 2.75) is 0 Å². The van der Waals surface area contributed by atoms with Gasteiger partial charge >= 0.3 is 0 Å². The van der Waals surface area contributed by atoms with Crippen molar-refractivity contribution in [3.63, 3.8) is 0 Å². The number of carbonyl (C=O) groups is 1. The third-order valence-corrected chi connectivity index (χ3v) is 3.01. The first-order chi connectivity index (χ1) is 8.11. The van der Waals surface area contributed by atoms with Crippen molar-refractivity contribution in [3.8, 4) is 0 Å². The molecule has 0 heterocycles. The quantitative estimate of drug-likeness (QED) is 0.838. The zero-order chi connectivity index (χ0) is 12.8. The molecule has 1 aromatic carbocycles. The van der Waals surface area contributed by atoms with Gasteiger partial charge in [-0.05, 0) is 12.1 Å². The standard InChI is InChI=1S/C12H13Cl2NO2/c1-2-6-15(7-8-16)12(17)9-4-3-5-10(13)11(9)14/h2-5,16H,1,6-8H2. The van der Waals surface area contributed by atoms with Gasteiger partial charge < -0.3 is 10.0 Å². The molecule has 0 bridgehead atoms. The lowest BCUT2D eigenvalue weighted by Gasteiger charge is -2.20. The predicted octanol–water partition coefficient (Wildman–Crippen LogP) is 2.61. The van der Waals surface area contributed by atoms with Crippen molar-refractivity contribution in [2.24, 2.45) is 0 Å². The van der Waals surface area contributed by atoms with Gasteiger partial charge in [-0.25, -0.2) is 0 Å². The maximum atomic E-state index is 12.1. The summed E-state index contributed by atoms with van der Waals surface area (Å²) in [6.45, 7) is 4.03. The van der Waals surface area contributed by atoms with Gasteiger partial charge in [-0.15, -0.1) is 6.58 Å². The second-order valence-corrected chi connectivity index (χ2v) is 4.15. The third-order valence-electron chi connectivity index (χ3n) is 2.19. The fourth-order valence-corrected chi connectivity index (χ4v) is 1.77. The normalized spacial score (nSPS) is 10.1. The molecule has 17 heavy (non-hydrogen) atoms. The Morgan fingerprint density at radius 2 is 2.18 bits per heavy atom. The number of halogens is 2. The van der Waals surface area contributed by atoms with Crippen LogP contribution < -0.4 is 0 Å². The summed E-state index contributed by atoms with van der Waals surface area (Å²) in [5.74, 6) is -0.272. The molecule has 1 aromatic rings. The van der Waals surface area contributed by atoms with Crippen molar-refractivity contribution in [3.05, 3.63) is 46.5 Å². The molecule has 0 aromatic heterocycles. The van der Waals surface area contributed by atoms with Gasteiger partial charge in [0.1, 0.15) is 0 Å². The smallest absolute Gasteiger partial charge is 0.255 e. The minimum atomic E-state index is -0.272. The zero-order valence-corrected chi connectivity index (χ0v) is 10.7. The fraction of sp³-hybridized carbons (Fsp3) is 0.250. The molecule has 0 atom stereocenters. The molecule has 3 nitrogen and oxygen atoms in total. The fourth-order valence-electron chi connectivity index (χ4n) is 1.39. The van der Waals surface area contributed by atoms with Gasteiger partial charge in [-0.1, -0.05) is 35.3 Å². The number of amides is 1. The van der Waals surface area contributed by atoms with Crippen LogP contribution in [0.3, 0.4) is 0 Å². The second kappa shape index (κ2) is 6.64. The van der Waals surface area contributed by atoms with Gasteiger partial charge in [0.05, 0.1) is 22.2 Å². The largest absolute Gasteiger partial charge is 0.395 e. The molecule has 0 spiro atoms. The minimum Gasteiger partial charge on any atom is -0.395 e. The van der Waals surface area contributed by atoms with E-state index < -0.39 is 0 Å². The van der Waals surface area contributed by atoms with Crippen molar-refractivity contribution in [1.82, 2.24) is 4.90 Å². The van der Waals surface area contributed by atoms with E-state index in [0.717, 1.165) is 0 Å². The number of rotatable bonds is 5. The van der Waals surface area contributed by atoms with E-state index in [1.54, 1.807) is 24.3 Å². The number of aliphatic hydroxyl groups excluding tert-OH is 1. The van der Waals surface area contributed by atoms with Crippen LogP contribution in [0.15, 0.2) is 30.9 Å². The highest BCUT2D eigenvalue weighted by molar-refractivity contribution is 6.43. The summed E-state index contributed by atoms with van der Waals surface area (Å²) in [5.41, 5.74) is 0.328. The summed E-state index contributed by atoms with van der Waals surface area (Å²) in [4.78, 5) is 13.6. The maximum Gasteiger partial charge on any atom is 0.255 e. The summed E-state index contributed by atoms with van der Waals surface area (Å²) in [6.07, 6.45) is 1.59. The topological polar surface area (TPSA) is 40.5 Å². The Morgan fingerprint density at radius 3 is 2.76 bits per heavy atom. The number of benzene rings is 1. The monoisotopic (exact) mass is 273 g/mol. The first-order valence-corrected chi connectivity index (χ1v) is 5.82. The van der Waals surface area contributed by atoms with E-state index in [4.69, 9.17) is 28.3 Å². The molecule has 0 radical (unpaired) electrons. The molecular weight excluding hydrogens is 261 g/mol. The Hall–Kier alpha value is -1.03. The molecule has 0 saturated heterocycles. The summed E-state index contributed by atoms with van der Waals surface area (Å²) in [6, 6.07) is 4.88. The maximum absolute atomic E-state index is 12.1. The number of hydrogen-bond acceptors (Lipinski definition) is 2. The summed E-state index contributed by atoms with van der Waals surface area (Å²) < 4.78 is 0. The predicted molar refractivity (Wildman–Crippen MR) is 69.6 cm³/mol. The summed E-state index contributed by atoms with van der Waals surface area (Å²) in [5, 5.41) is 9.46. The van der Waals surface area contributed by atoms with E-state index in [2.05, 4.69) is 6.58 Å². The molecule has 0 aliphatic carbocycles. The van der Waals surface area contributed by atoms with Crippen LogP contribution in [0.2, 0.25) is 10.0 Å². The average Bonchev–Trinajstić information content (AvgIpc) is 2.31. The van der Waals surface area contributed by atoms with Crippen LogP contribution >= 0.6 is 23.2 Å². The van der Waals surface area contributed by atoms with Crippen LogP contribution in [0.5, 0.6) is 0 Å². The zero-order valence-electron chi connectivity index (χ0n) is 9.20. The number of aliphatic hydroxyl groups is 1. The molecule has 0 unspecified atom stereocenters. The minimum absolute atomic E-state index is 0.113. The summed E-state index contributed by atoms with van der Waals surface area (Å²) >= 11 is 11.8. The van der Waals surface area contributed by atoms with E-state index in [9.17, 15) is 4.79 Å². The first-order valence-electron chi connectivity index (χ1n) is 5.06. The summed E-state index contributed by atoms with van der Waals surface area (Å²) in [7, 11) is 0. The van der Waals surface area contributed by atoms with Gasteiger partial charge in [0.25, 0.3) is 5.91 Å². The van der Waals surface area contributed by atoms with Crippen molar-refractivity contribution in [1.29, 1.82) is 0 Å². The van der Waals surface area contributed by atoms with Crippen molar-refractivity contribution < 1.29 is 9.90 Å². The number of carbonyl (C=O) groups excluding carboxylic acids is 1. The number of hydrogen-bond donors (Lipinski definition) is 1. The highest BCUT2D eigenvalue weighted by Gasteiger charge is 2.18. The van der Waals surface area contributed by atoms with Gasteiger partial charge in [-0.3, -0.25) is 4.79 Å². The SMILES string of the molecule is C=CCN(CCO)C(=O)c1cccc(Cl)c1Cl. The van der Waals surface area contributed by atoms with Crippen LogP contribution in [-0.2, 0) is 0 Å². The Bertz CT molecular complexity index is 421. The van der Waals surface area contributed by atoms with Crippen LogP contribution in [0.4, 0.5) is 0 Å². The molecule has 92 valence electrons. The highest BCUT2D eigenvalue weighted by atomic mass is 35.5. The number of nitrogens with zero attached hydrogens (tertiary/aromatic N) is 1. The average molecular weight is 274 g/mol. The second-order valence-electron chi connectivity index (χ2n) is 3.36. The van der Waals surface area contributed by atoms with E-state index >= 15 is 0 Å². The van der Waals surface area contributed by atoms with Crippen LogP contribution in [0.1, 0.15) is 10.4 Å². The van der Waals surface area contributed by atoms with Gasteiger partial charge in [0.2, 0.25) is 0 Å². The van der Waals surface area contributed by atoms with Crippen molar-refractivity contribution >= 4 is 29.1 Å². The Balaban J connectivity index is 3.00. The van der Waals surface area contributed by atoms with E-state index in [0.29, 0.717) is 17.1 Å². The van der Waals surface area contributed by atoms with Crippen molar-refractivity contribution in [2.75, 3.05) is 19.7 Å². The van der Waals surface area contributed by atoms with E-state index in [1.165, 1.54) is 4.90 Å². The Kier molecular flexibility index (Phi) is 5.48. The van der Waals surface area contributed by atoms with Gasteiger partial charge in [0, 0.05) is 13.1 Å². The lowest BCUT2D eigenvalue weighted by atomic mass is 10.2. The third kappa shape index (κ3) is 3.46. The van der Waals surface area contributed by atoms with Crippen LogP contribution in [0.25, 0.3) is 0 Å². The van der Waals surface area contributed by atoms with E-state index in [1.807, 2.05) is 0 Å². The Morgan fingerprint density at radius 1 is 1.47 bits per heavy atom. The van der Waals surface area contributed by atoms with Crippen LogP contribution in [0, 0.1) is 0 Å². The molecule has 5 heteroatoms. The highest BCUT2D eigenvalue weighted by Crippen LogP contribution is 2.26. The molecular formula is C12H13Cl2NO2. The molecule has 1 N–H and O–H groups in total. The first kappa shape index (κ1) is 14.0. The van der Waals surface area contributed by atoms with Crippen LogP contribution in [-0.4, -0.2) is 35.6 Å².